The number of sulfonamides is 1. The van der Waals surface area contributed by atoms with Crippen molar-refractivity contribution in [2.75, 3.05) is 32.9 Å². The summed E-state index contributed by atoms with van der Waals surface area (Å²) in [6, 6.07) is 8.12. The SMILES string of the molecule is Cc1cccc(-n2cc(CN3CC(O)C(CS(=O)(=O)N(C)C)C3)cn2)c1. The molecule has 2 aromatic rings. The maximum Gasteiger partial charge on any atom is 0.214 e. The molecule has 1 aromatic carbocycles. The van der Waals surface area contributed by atoms with E-state index < -0.39 is 16.1 Å². The molecule has 0 amide bonds. The Morgan fingerprint density at radius 2 is 2.08 bits per heavy atom. The summed E-state index contributed by atoms with van der Waals surface area (Å²) >= 11 is 0. The van der Waals surface area contributed by atoms with Crippen LogP contribution in [0.2, 0.25) is 0 Å². The van der Waals surface area contributed by atoms with Crippen molar-refractivity contribution in [2.45, 2.75) is 19.6 Å². The fraction of sp³-hybridized carbons (Fsp3) is 0.500. The van der Waals surface area contributed by atoms with Crippen LogP contribution in [-0.2, 0) is 16.6 Å². The molecule has 1 aliphatic rings. The van der Waals surface area contributed by atoms with Crippen molar-refractivity contribution in [3.8, 4) is 5.69 Å². The molecule has 1 fully saturated rings. The van der Waals surface area contributed by atoms with Gasteiger partial charge in [-0.15, -0.1) is 0 Å². The number of likely N-dealkylation sites (tertiary alicyclic amines) is 1. The zero-order chi connectivity index (χ0) is 18.9. The summed E-state index contributed by atoms with van der Waals surface area (Å²) in [5, 5.41) is 14.7. The lowest BCUT2D eigenvalue weighted by Crippen LogP contribution is -2.33. The predicted molar refractivity (Wildman–Crippen MR) is 101 cm³/mol. The minimum Gasteiger partial charge on any atom is -0.391 e. The number of rotatable bonds is 6. The second-order valence-corrected chi connectivity index (χ2v) is 9.44. The van der Waals surface area contributed by atoms with Crippen LogP contribution in [0, 0.1) is 12.8 Å². The minimum absolute atomic E-state index is 0.0276. The van der Waals surface area contributed by atoms with Gasteiger partial charge < -0.3 is 5.11 Å². The van der Waals surface area contributed by atoms with Crippen molar-refractivity contribution in [3.05, 3.63) is 47.8 Å². The highest BCUT2D eigenvalue weighted by molar-refractivity contribution is 7.89. The highest BCUT2D eigenvalue weighted by Gasteiger charge is 2.35. The summed E-state index contributed by atoms with van der Waals surface area (Å²) < 4.78 is 27.2. The second kappa shape index (κ2) is 7.48. The third-order valence-electron chi connectivity index (χ3n) is 4.77. The van der Waals surface area contributed by atoms with Gasteiger partial charge >= 0.3 is 0 Å². The third-order valence-corrected chi connectivity index (χ3v) is 6.73. The Hall–Kier alpha value is -1.74. The molecule has 0 bridgehead atoms. The lowest BCUT2D eigenvalue weighted by molar-refractivity contribution is 0.148. The van der Waals surface area contributed by atoms with E-state index in [4.69, 9.17) is 0 Å². The van der Waals surface area contributed by atoms with Gasteiger partial charge in [0.1, 0.15) is 0 Å². The lowest BCUT2D eigenvalue weighted by atomic mass is 10.1. The van der Waals surface area contributed by atoms with E-state index in [9.17, 15) is 13.5 Å². The number of β-amino-alcohol motifs (C(OH)–C–C–N with tert-alkyl or cyclic N) is 1. The molecule has 26 heavy (non-hydrogen) atoms. The Morgan fingerprint density at radius 1 is 1.31 bits per heavy atom. The van der Waals surface area contributed by atoms with Gasteiger partial charge in [-0.2, -0.15) is 5.10 Å². The third kappa shape index (κ3) is 4.32. The maximum atomic E-state index is 12.1. The van der Waals surface area contributed by atoms with E-state index in [1.54, 1.807) is 0 Å². The van der Waals surface area contributed by atoms with Crippen LogP contribution in [0.5, 0.6) is 0 Å². The summed E-state index contributed by atoms with van der Waals surface area (Å²) in [7, 11) is -0.273. The topological polar surface area (TPSA) is 78.7 Å². The van der Waals surface area contributed by atoms with Gasteiger partial charge in [-0.05, 0) is 24.6 Å². The van der Waals surface area contributed by atoms with Crippen molar-refractivity contribution in [1.29, 1.82) is 0 Å². The molecule has 2 atom stereocenters. The molecule has 0 spiro atoms. The summed E-state index contributed by atoms with van der Waals surface area (Å²) in [4.78, 5) is 2.08. The first-order valence-electron chi connectivity index (χ1n) is 8.66. The molecule has 1 aromatic heterocycles. The number of hydrogen-bond acceptors (Lipinski definition) is 5. The normalized spacial score (nSPS) is 21.6. The number of hydrogen-bond donors (Lipinski definition) is 1. The Balaban J connectivity index is 1.64. The lowest BCUT2D eigenvalue weighted by Gasteiger charge is -2.17. The molecule has 142 valence electrons. The average molecular weight is 378 g/mol. The Bertz CT molecular complexity index is 863. The predicted octanol–water partition coefficient (Wildman–Crippen LogP) is 0.865. The number of aromatic nitrogens is 2. The zero-order valence-electron chi connectivity index (χ0n) is 15.4. The van der Waals surface area contributed by atoms with E-state index >= 15 is 0 Å². The average Bonchev–Trinajstić information content (AvgIpc) is 3.14. The van der Waals surface area contributed by atoms with E-state index in [2.05, 4.69) is 16.1 Å². The summed E-state index contributed by atoms with van der Waals surface area (Å²) in [6.45, 7) is 3.72. The Morgan fingerprint density at radius 3 is 2.77 bits per heavy atom. The van der Waals surface area contributed by atoms with Crippen LogP contribution in [-0.4, -0.2) is 71.6 Å². The van der Waals surface area contributed by atoms with E-state index in [0.717, 1.165) is 11.3 Å². The van der Waals surface area contributed by atoms with E-state index in [-0.39, 0.29) is 11.7 Å². The molecule has 0 aliphatic carbocycles. The number of benzene rings is 1. The first-order chi connectivity index (χ1) is 12.2. The number of aliphatic hydroxyl groups excluding tert-OH is 1. The molecule has 2 heterocycles. The van der Waals surface area contributed by atoms with Crippen LogP contribution in [0.4, 0.5) is 0 Å². The number of nitrogens with zero attached hydrogens (tertiary/aromatic N) is 4. The second-order valence-electron chi connectivity index (χ2n) is 7.21. The molecule has 0 radical (unpaired) electrons. The Labute approximate surface area is 154 Å². The quantitative estimate of drug-likeness (QED) is 0.807. The molecule has 8 heteroatoms. The van der Waals surface area contributed by atoms with E-state index in [1.807, 2.05) is 42.2 Å². The van der Waals surface area contributed by atoms with Crippen LogP contribution >= 0.6 is 0 Å². The standard InChI is InChI=1S/C18H26N4O3S/c1-14-5-4-6-17(7-14)22-10-15(8-19-22)9-21-11-16(18(23)12-21)13-26(24,25)20(2)3/h4-8,10,16,18,23H,9,11-13H2,1-3H3. The number of aliphatic hydroxyl groups is 1. The van der Waals surface area contributed by atoms with E-state index in [0.29, 0.717) is 19.6 Å². The van der Waals surface area contributed by atoms with E-state index in [1.165, 1.54) is 24.0 Å². The highest BCUT2D eigenvalue weighted by atomic mass is 32.2. The number of aryl methyl sites for hydroxylation is 1. The molecule has 0 saturated carbocycles. The van der Waals surface area contributed by atoms with Crippen molar-refractivity contribution in [3.63, 3.8) is 0 Å². The van der Waals surface area contributed by atoms with Crippen LogP contribution in [0.15, 0.2) is 36.7 Å². The molecule has 1 aliphatic heterocycles. The molecule has 3 rings (SSSR count). The summed E-state index contributed by atoms with van der Waals surface area (Å²) in [5.41, 5.74) is 3.22. The molecular formula is C18H26N4O3S. The molecule has 7 nitrogen and oxygen atoms in total. The highest BCUT2D eigenvalue weighted by Crippen LogP contribution is 2.22. The van der Waals surface area contributed by atoms with Crippen LogP contribution in [0.1, 0.15) is 11.1 Å². The van der Waals surface area contributed by atoms with Gasteiger partial charge in [-0.25, -0.2) is 17.4 Å². The molecule has 1 N–H and O–H groups in total. The molecule has 1 saturated heterocycles. The monoisotopic (exact) mass is 378 g/mol. The Kier molecular flexibility index (Phi) is 5.47. The van der Waals surface area contributed by atoms with Crippen molar-refractivity contribution >= 4 is 10.0 Å². The van der Waals surface area contributed by atoms with Gasteiger partial charge in [0.15, 0.2) is 0 Å². The minimum atomic E-state index is -3.32. The van der Waals surface area contributed by atoms with Gasteiger partial charge in [-0.3, -0.25) is 4.90 Å². The molecule has 2 unspecified atom stereocenters. The molecular weight excluding hydrogens is 352 g/mol. The largest absolute Gasteiger partial charge is 0.391 e. The van der Waals surface area contributed by atoms with Crippen molar-refractivity contribution in [1.82, 2.24) is 19.0 Å². The van der Waals surface area contributed by atoms with Gasteiger partial charge in [0.2, 0.25) is 10.0 Å². The van der Waals surface area contributed by atoms with Crippen LogP contribution in [0.25, 0.3) is 5.69 Å². The van der Waals surface area contributed by atoms with Gasteiger partial charge in [-0.1, -0.05) is 12.1 Å². The van der Waals surface area contributed by atoms with Gasteiger partial charge in [0, 0.05) is 51.4 Å². The van der Waals surface area contributed by atoms with Crippen molar-refractivity contribution < 1.29 is 13.5 Å². The fourth-order valence-corrected chi connectivity index (χ4v) is 4.43. The van der Waals surface area contributed by atoms with Crippen LogP contribution < -0.4 is 0 Å². The van der Waals surface area contributed by atoms with Crippen LogP contribution in [0.3, 0.4) is 0 Å². The summed E-state index contributed by atoms with van der Waals surface area (Å²) in [5.74, 6) is -0.297. The summed E-state index contributed by atoms with van der Waals surface area (Å²) in [6.07, 6.45) is 3.17. The maximum absolute atomic E-state index is 12.1. The fourth-order valence-electron chi connectivity index (χ4n) is 3.27. The smallest absolute Gasteiger partial charge is 0.214 e. The first kappa shape index (κ1) is 19.0. The zero-order valence-corrected chi connectivity index (χ0v) is 16.2. The first-order valence-corrected chi connectivity index (χ1v) is 10.3. The van der Waals surface area contributed by atoms with Gasteiger partial charge in [0.25, 0.3) is 0 Å². The van der Waals surface area contributed by atoms with Crippen molar-refractivity contribution in [2.24, 2.45) is 5.92 Å². The van der Waals surface area contributed by atoms with Gasteiger partial charge in [0.05, 0.1) is 23.7 Å².